The zero-order valence-corrected chi connectivity index (χ0v) is 9.26. The second-order valence-electron chi connectivity index (χ2n) is 4.40. The summed E-state index contributed by atoms with van der Waals surface area (Å²) in [5.41, 5.74) is -0.0455. The Kier molecular flexibility index (Phi) is 3.42. The normalized spacial score (nSPS) is 26.4. The number of hydrogen-bond acceptors (Lipinski definition) is 3. The van der Waals surface area contributed by atoms with Crippen molar-refractivity contribution in [2.45, 2.75) is 18.1 Å². The Labute approximate surface area is 98.3 Å². The molecule has 1 aromatic carbocycles. The molecule has 0 spiro atoms. The van der Waals surface area contributed by atoms with Gasteiger partial charge in [-0.15, -0.1) is 0 Å². The lowest BCUT2D eigenvalue weighted by molar-refractivity contribution is -0.0353. The van der Waals surface area contributed by atoms with Crippen LogP contribution >= 0.6 is 0 Å². The number of halogens is 2. The second-order valence-corrected chi connectivity index (χ2v) is 4.40. The lowest BCUT2D eigenvalue weighted by atomic mass is 10.1. The van der Waals surface area contributed by atoms with Gasteiger partial charge in [-0.05, 0) is 0 Å². The first-order chi connectivity index (χ1) is 7.99. The molecule has 1 fully saturated rings. The van der Waals surface area contributed by atoms with E-state index in [1.54, 1.807) is 18.2 Å². The van der Waals surface area contributed by atoms with Crippen LogP contribution in [-0.4, -0.2) is 47.0 Å². The van der Waals surface area contributed by atoms with E-state index >= 15 is 0 Å². The number of aliphatic hydroxyl groups excluding tert-OH is 2. The summed E-state index contributed by atoms with van der Waals surface area (Å²) in [6.45, 7) is -0.307. The molecule has 5 heteroatoms. The predicted molar refractivity (Wildman–Crippen MR) is 58.8 cm³/mol. The van der Waals surface area contributed by atoms with Crippen LogP contribution in [0.25, 0.3) is 0 Å². The third-order valence-electron chi connectivity index (χ3n) is 2.95. The summed E-state index contributed by atoms with van der Waals surface area (Å²) < 4.78 is 27.7. The molecule has 1 aromatic rings. The van der Waals surface area contributed by atoms with Crippen molar-refractivity contribution in [2.75, 3.05) is 19.6 Å². The number of alkyl halides is 2. The van der Waals surface area contributed by atoms with Crippen LogP contribution < -0.4 is 0 Å². The van der Waals surface area contributed by atoms with Crippen molar-refractivity contribution in [3.05, 3.63) is 35.9 Å². The zero-order chi connectivity index (χ0) is 12.5. The Hall–Kier alpha value is -1.04. The van der Waals surface area contributed by atoms with Crippen molar-refractivity contribution >= 4 is 0 Å². The lowest BCUT2D eigenvalue weighted by Gasteiger charge is -2.23. The van der Waals surface area contributed by atoms with Crippen LogP contribution in [0, 0.1) is 0 Å². The quantitative estimate of drug-likeness (QED) is 0.826. The highest BCUT2D eigenvalue weighted by Gasteiger charge is 2.38. The molecular formula is C12H15F2NO2. The van der Waals surface area contributed by atoms with Gasteiger partial charge in [-0.1, -0.05) is 30.3 Å². The zero-order valence-electron chi connectivity index (χ0n) is 9.26. The molecule has 1 aliphatic rings. The van der Waals surface area contributed by atoms with Crippen LogP contribution in [-0.2, 0) is 5.92 Å². The monoisotopic (exact) mass is 243 g/mol. The first kappa shape index (κ1) is 12.4. The number of hydrogen-bond donors (Lipinski definition) is 2. The minimum atomic E-state index is -2.97. The van der Waals surface area contributed by atoms with Crippen molar-refractivity contribution in [3.8, 4) is 0 Å². The van der Waals surface area contributed by atoms with E-state index in [2.05, 4.69) is 0 Å². The largest absolute Gasteiger partial charge is 0.389 e. The second kappa shape index (κ2) is 4.68. The van der Waals surface area contributed by atoms with E-state index < -0.39 is 24.7 Å². The van der Waals surface area contributed by atoms with E-state index in [0.29, 0.717) is 0 Å². The molecule has 2 N–H and O–H groups in total. The van der Waals surface area contributed by atoms with Gasteiger partial charge in [0.15, 0.2) is 0 Å². The summed E-state index contributed by atoms with van der Waals surface area (Å²) in [6, 6.07) is 7.57. The lowest BCUT2D eigenvalue weighted by Crippen LogP contribution is -2.34. The van der Waals surface area contributed by atoms with Gasteiger partial charge in [0, 0.05) is 18.7 Å². The van der Waals surface area contributed by atoms with Crippen molar-refractivity contribution in [3.63, 3.8) is 0 Å². The summed E-state index contributed by atoms with van der Waals surface area (Å²) in [7, 11) is 0. The Morgan fingerprint density at radius 1 is 1.12 bits per heavy atom. The molecule has 0 aliphatic carbocycles. The molecule has 2 atom stereocenters. The van der Waals surface area contributed by atoms with Crippen molar-refractivity contribution in [1.82, 2.24) is 4.90 Å². The maximum atomic E-state index is 13.9. The first-order valence-electron chi connectivity index (χ1n) is 5.51. The molecule has 0 bridgehead atoms. The number of likely N-dealkylation sites (tertiary alicyclic amines) is 1. The highest BCUT2D eigenvalue weighted by Crippen LogP contribution is 2.29. The summed E-state index contributed by atoms with van der Waals surface area (Å²) in [5, 5.41) is 18.6. The van der Waals surface area contributed by atoms with Crippen LogP contribution in [0.4, 0.5) is 8.78 Å². The summed E-state index contributed by atoms with van der Waals surface area (Å²) >= 11 is 0. The predicted octanol–water partition coefficient (Wildman–Crippen LogP) is 0.816. The van der Waals surface area contributed by atoms with Crippen LogP contribution in [0.3, 0.4) is 0 Å². The summed E-state index contributed by atoms with van der Waals surface area (Å²) in [5.74, 6) is -2.97. The Morgan fingerprint density at radius 2 is 1.65 bits per heavy atom. The standard InChI is InChI=1S/C12H15F2NO2/c13-12(14,9-4-2-1-3-5-9)8-15-6-10(16)11(17)7-15/h1-5,10-11,16-17H,6-8H2/t10-,11+. The van der Waals surface area contributed by atoms with Crippen LogP contribution in [0.1, 0.15) is 5.56 Å². The number of nitrogens with zero attached hydrogens (tertiary/aromatic N) is 1. The molecule has 0 unspecified atom stereocenters. The van der Waals surface area contributed by atoms with E-state index in [4.69, 9.17) is 0 Å². The third kappa shape index (κ3) is 2.80. The van der Waals surface area contributed by atoms with Crippen molar-refractivity contribution in [2.24, 2.45) is 0 Å². The molecule has 17 heavy (non-hydrogen) atoms. The molecule has 1 saturated heterocycles. The maximum absolute atomic E-state index is 13.9. The van der Waals surface area contributed by atoms with Gasteiger partial charge in [0.1, 0.15) is 0 Å². The van der Waals surface area contributed by atoms with Crippen molar-refractivity contribution in [1.29, 1.82) is 0 Å². The van der Waals surface area contributed by atoms with E-state index in [9.17, 15) is 19.0 Å². The molecule has 0 amide bonds. The van der Waals surface area contributed by atoms with Crippen LogP contribution in [0.5, 0.6) is 0 Å². The fourth-order valence-electron chi connectivity index (χ4n) is 2.03. The number of benzene rings is 1. The Morgan fingerprint density at radius 3 is 2.18 bits per heavy atom. The fourth-order valence-corrected chi connectivity index (χ4v) is 2.03. The molecule has 0 aromatic heterocycles. The molecule has 2 rings (SSSR count). The molecule has 0 saturated carbocycles. The average molecular weight is 243 g/mol. The minimum Gasteiger partial charge on any atom is -0.389 e. The van der Waals surface area contributed by atoms with E-state index in [0.717, 1.165) is 0 Å². The molecule has 0 radical (unpaired) electrons. The smallest absolute Gasteiger partial charge is 0.285 e. The van der Waals surface area contributed by atoms with E-state index in [-0.39, 0.29) is 18.7 Å². The summed E-state index contributed by atoms with van der Waals surface area (Å²) in [6.07, 6.45) is -1.86. The number of β-amino-alcohol motifs (C(OH)–C–C–N with tert-alkyl or cyclic N) is 2. The van der Waals surface area contributed by atoms with E-state index in [1.807, 2.05) is 0 Å². The highest BCUT2D eigenvalue weighted by atomic mass is 19.3. The SMILES string of the molecule is O[C@@H]1CN(CC(F)(F)c2ccccc2)C[C@@H]1O. The fraction of sp³-hybridized carbons (Fsp3) is 0.500. The third-order valence-corrected chi connectivity index (χ3v) is 2.95. The van der Waals surface area contributed by atoms with Gasteiger partial charge in [0.2, 0.25) is 0 Å². The average Bonchev–Trinajstić information content (AvgIpc) is 2.58. The molecule has 94 valence electrons. The minimum absolute atomic E-state index is 0.0455. The number of aliphatic hydroxyl groups is 2. The van der Waals surface area contributed by atoms with Gasteiger partial charge in [0.05, 0.1) is 18.8 Å². The van der Waals surface area contributed by atoms with Gasteiger partial charge in [-0.2, -0.15) is 8.78 Å². The molecule has 1 heterocycles. The summed E-state index contributed by atoms with van der Waals surface area (Å²) in [4.78, 5) is 1.38. The molecular weight excluding hydrogens is 228 g/mol. The van der Waals surface area contributed by atoms with Gasteiger partial charge >= 0.3 is 0 Å². The van der Waals surface area contributed by atoms with Gasteiger partial charge in [-0.3, -0.25) is 4.90 Å². The topological polar surface area (TPSA) is 43.7 Å². The molecule has 3 nitrogen and oxygen atoms in total. The Balaban J connectivity index is 2.03. The van der Waals surface area contributed by atoms with Gasteiger partial charge < -0.3 is 10.2 Å². The van der Waals surface area contributed by atoms with Crippen LogP contribution in [0.2, 0.25) is 0 Å². The van der Waals surface area contributed by atoms with Gasteiger partial charge in [0.25, 0.3) is 5.92 Å². The highest BCUT2D eigenvalue weighted by molar-refractivity contribution is 5.20. The number of rotatable bonds is 3. The van der Waals surface area contributed by atoms with Gasteiger partial charge in [-0.25, -0.2) is 0 Å². The molecule has 1 aliphatic heterocycles. The maximum Gasteiger partial charge on any atom is 0.285 e. The van der Waals surface area contributed by atoms with E-state index in [1.165, 1.54) is 17.0 Å². The first-order valence-corrected chi connectivity index (χ1v) is 5.51. The Bertz CT molecular complexity index is 362. The van der Waals surface area contributed by atoms with Crippen molar-refractivity contribution < 1.29 is 19.0 Å². The van der Waals surface area contributed by atoms with Crippen LogP contribution in [0.15, 0.2) is 30.3 Å².